The molecule has 1 heterocycles. The Hall–Kier alpha value is -1.47. The minimum Gasteiger partial charge on any atom is -0.367 e. The third kappa shape index (κ3) is 4.09. The van der Waals surface area contributed by atoms with E-state index in [0.29, 0.717) is 5.69 Å². The van der Waals surface area contributed by atoms with Crippen molar-refractivity contribution in [2.45, 2.75) is 11.8 Å². The number of sulfonamides is 1. The Labute approximate surface area is 164 Å². The molecule has 26 heavy (non-hydrogen) atoms. The van der Waals surface area contributed by atoms with Gasteiger partial charge in [-0.15, -0.1) is 0 Å². The fraction of sp³-hybridized carbons (Fsp3) is 0.333. The quantitative estimate of drug-likeness (QED) is 0.806. The number of piperazine rings is 1. The van der Waals surface area contributed by atoms with Crippen LogP contribution in [0.5, 0.6) is 0 Å². The molecule has 2 aromatic rings. The van der Waals surface area contributed by atoms with Gasteiger partial charge < -0.3 is 9.80 Å². The van der Waals surface area contributed by atoms with Crippen molar-refractivity contribution in [3.8, 4) is 0 Å². The first-order valence-corrected chi connectivity index (χ1v) is 10.7. The van der Waals surface area contributed by atoms with Crippen LogP contribution in [0.15, 0.2) is 47.4 Å². The van der Waals surface area contributed by atoms with Gasteiger partial charge in [0.1, 0.15) is 4.90 Å². The fourth-order valence-electron chi connectivity index (χ4n) is 3.03. The lowest BCUT2D eigenvalue weighted by Gasteiger charge is -2.36. The van der Waals surface area contributed by atoms with E-state index >= 15 is 0 Å². The van der Waals surface area contributed by atoms with Crippen molar-refractivity contribution < 1.29 is 8.42 Å². The number of anilines is 2. The fourth-order valence-corrected chi connectivity index (χ4v) is 4.87. The van der Waals surface area contributed by atoms with E-state index in [1.165, 1.54) is 6.07 Å². The molecule has 5 nitrogen and oxygen atoms in total. The smallest absolute Gasteiger partial charge is 0.263 e. The van der Waals surface area contributed by atoms with E-state index in [0.717, 1.165) is 38.4 Å². The molecule has 1 N–H and O–H groups in total. The SMILES string of the molecule is CCN1CCN(c2ccccc2NS(=O)(=O)c2cccc(Cl)c2Cl)CC1. The van der Waals surface area contributed by atoms with E-state index in [-0.39, 0.29) is 14.9 Å². The second-order valence-electron chi connectivity index (χ2n) is 6.10. The van der Waals surface area contributed by atoms with Crippen molar-refractivity contribution in [1.29, 1.82) is 0 Å². The van der Waals surface area contributed by atoms with Gasteiger partial charge in [-0.1, -0.05) is 48.3 Å². The van der Waals surface area contributed by atoms with Gasteiger partial charge in [0.05, 0.1) is 21.4 Å². The first kappa shape index (κ1) is 19.3. The predicted molar refractivity (Wildman–Crippen MR) is 108 cm³/mol. The summed E-state index contributed by atoms with van der Waals surface area (Å²) >= 11 is 12.1. The van der Waals surface area contributed by atoms with E-state index in [1.807, 2.05) is 18.2 Å². The summed E-state index contributed by atoms with van der Waals surface area (Å²) in [5.41, 5.74) is 1.40. The van der Waals surface area contributed by atoms with Gasteiger partial charge in [-0.3, -0.25) is 4.72 Å². The number of benzene rings is 2. The third-order valence-electron chi connectivity index (χ3n) is 4.51. The van der Waals surface area contributed by atoms with E-state index in [4.69, 9.17) is 23.2 Å². The van der Waals surface area contributed by atoms with Crippen LogP contribution in [-0.2, 0) is 10.0 Å². The summed E-state index contributed by atoms with van der Waals surface area (Å²) in [7, 11) is -3.85. The molecule has 3 rings (SSSR count). The molecular weight excluding hydrogens is 393 g/mol. The normalized spacial score (nSPS) is 15.9. The number of likely N-dealkylation sites (N-methyl/N-ethyl adjacent to an activating group) is 1. The lowest BCUT2D eigenvalue weighted by atomic mass is 10.2. The highest BCUT2D eigenvalue weighted by Crippen LogP contribution is 2.33. The zero-order valence-electron chi connectivity index (χ0n) is 14.5. The monoisotopic (exact) mass is 413 g/mol. The Morgan fingerprint density at radius 1 is 1.00 bits per heavy atom. The van der Waals surface area contributed by atoms with Crippen LogP contribution in [0.3, 0.4) is 0 Å². The van der Waals surface area contributed by atoms with Crippen LogP contribution in [0.25, 0.3) is 0 Å². The van der Waals surface area contributed by atoms with Crippen molar-refractivity contribution in [3.63, 3.8) is 0 Å². The number of hydrogen-bond donors (Lipinski definition) is 1. The molecule has 0 radical (unpaired) electrons. The van der Waals surface area contributed by atoms with Gasteiger partial charge in [0, 0.05) is 26.2 Å². The molecule has 1 aliphatic heterocycles. The Morgan fingerprint density at radius 3 is 2.38 bits per heavy atom. The van der Waals surface area contributed by atoms with E-state index < -0.39 is 10.0 Å². The van der Waals surface area contributed by atoms with Crippen LogP contribution >= 0.6 is 23.2 Å². The van der Waals surface area contributed by atoms with E-state index in [9.17, 15) is 8.42 Å². The minimum atomic E-state index is -3.85. The van der Waals surface area contributed by atoms with Crippen molar-refractivity contribution >= 4 is 44.6 Å². The van der Waals surface area contributed by atoms with Gasteiger partial charge in [-0.25, -0.2) is 8.42 Å². The van der Waals surface area contributed by atoms with Crippen molar-refractivity contribution in [1.82, 2.24) is 4.90 Å². The van der Waals surface area contributed by atoms with Gasteiger partial charge in [-0.2, -0.15) is 0 Å². The molecule has 1 fully saturated rings. The topological polar surface area (TPSA) is 52.6 Å². The number of rotatable bonds is 5. The Bertz CT molecular complexity index is 882. The molecule has 0 spiro atoms. The lowest BCUT2D eigenvalue weighted by Crippen LogP contribution is -2.46. The third-order valence-corrected chi connectivity index (χ3v) is 6.85. The first-order valence-electron chi connectivity index (χ1n) is 8.45. The standard InChI is InChI=1S/C18H21Cl2N3O2S/c1-2-22-10-12-23(13-11-22)16-8-4-3-7-15(16)21-26(24,25)17-9-5-6-14(19)18(17)20/h3-9,21H,2,10-13H2,1H3. The van der Waals surface area contributed by atoms with Crippen molar-refractivity contribution in [3.05, 3.63) is 52.5 Å². The number of hydrogen-bond acceptors (Lipinski definition) is 4. The minimum absolute atomic E-state index is 0.0238. The number of nitrogens with zero attached hydrogens (tertiary/aromatic N) is 2. The van der Waals surface area contributed by atoms with E-state index in [1.54, 1.807) is 18.2 Å². The summed E-state index contributed by atoms with van der Waals surface area (Å²) < 4.78 is 28.3. The number of halogens is 2. The highest BCUT2D eigenvalue weighted by molar-refractivity contribution is 7.92. The molecule has 140 valence electrons. The summed E-state index contributed by atoms with van der Waals surface area (Å²) in [5.74, 6) is 0. The molecule has 0 amide bonds. The summed E-state index contributed by atoms with van der Waals surface area (Å²) in [6.07, 6.45) is 0. The summed E-state index contributed by atoms with van der Waals surface area (Å²) in [4.78, 5) is 4.54. The lowest BCUT2D eigenvalue weighted by molar-refractivity contribution is 0.271. The highest BCUT2D eigenvalue weighted by atomic mass is 35.5. The Balaban J connectivity index is 1.88. The maximum atomic E-state index is 12.8. The van der Waals surface area contributed by atoms with Crippen LogP contribution in [0.2, 0.25) is 10.0 Å². The van der Waals surface area contributed by atoms with Crippen LogP contribution in [0.1, 0.15) is 6.92 Å². The molecule has 8 heteroatoms. The Morgan fingerprint density at radius 2 is 1.69 bits per heavy atom. The zero-order chi connectivity index (χ0) is 18.7. The van der Waals surface area contributed by atoms with Gasteiger partial charge in [-0.05, 0) is 30.8 Å². The van der Waals surface area contributed by atoms with Gasteiger partial charge in [0.25, 0.3) is 10.0 Å². The highest BCUT2D eigenvalue weighted by Gasteiger charge is 2.23. The molecule has 0 bridgehead atoms. The van der Waals surface area contributed by atoms with Crippen molar-refractivity contribution in [2.24, 2.45) is 0 Å². The molecule has 0 saturated carbocycles. The van der Waals surface area contributed by atoms with Gasteiger partial charge >= 0.3 is 0 Å². The van der Waals surface area contributed by atoms with E-state index in [2.05, 4.69) is 21.4 Å². The van der Waals surface area contributed by atoms with Crippen LogP contribution in [-0.4, -0.2) is 46.0 Å². The molecule has 1 aliphatic rings. The Kier molecular flexibility index (Phi) is 5.97. The molecule has 0 aliphatic carbocycles. The second kappa shape index (κ2) is 8.05. The molecule has 0 atom stereocenters. The molecular formula is C18H21Cl2N3O2S. The number of para-hydroxylation sites is 2. The predicted octanol–water partition coefficient (Wildman–Crippen LogP) is 3.94. The zero-order valence-corrected chi connectivity index (χ0v) is 16.8. The first-order chi connectivity index (χ1) is 12.4. The summed E-state index contributed by atoms with van der Waals surface area (Å²) in [6, 6.07) is 12.0. The van der Waals surface area contributed by atoms with Gasteiger partial charge in [0.2, 0.25) is 0 Å². The molecule has 1 saturated heterocycles. The summed E-state index contributed by atoms with van der Waals surface area (Å²) in [5, 5.41) is 0.231. The number of nitrogens with one attached hydrogen (secondary N) is 1. The molecule has 0 aromatic heterocycles. The average Bonchev–Trinajstić information content (AvgIpc) is 2.64. The maximum absolute atomic E-state index is 12.8. The molecule has 2 aromatic carbocycles. The second-order valence-corrected chi connectivity index (χ2v) is 8.53. The maximum Gasteiger partial charge on any atom is 0.263 e. The summed E-state index contributed by atoms with van der Waals surface area (Å²) in [6.45, 7) is 6.78. The van der Waals surface area contributed by atoms with Crippen molar-refractivity contribution in [2.75, 3.05) is 42.3 Å². The van der Waals surface area contributed by atoms with Crippen LogP contribution in [0.4, 0.5) is 11.4 Å². The average molecular weight is 414 g/mol. The molecule has 0 unspecified atom stereocenters. The van der Waals surface area contributed by atoms with Gasteiger partial charge in [0.15, 0.2) is 0 Å². The largest absolute Gasteiger partial charge is 0.367 e. The van der Waals surface area contributed by atoms with Crippen LogP contribution < -0.4 is 9.62 Å². The van der Waals surface area contributed by atoms with Crippen LogP contribution in [0, 0.1) is 0 Å².